The molecule has 0 aromatic heterocycles. The topological polar surface area (TPSA) is 155 Å². The van der Waals surface area contributed by atoms with Crippen molar-refractivity contribution >= 4 is 23.5 Å². The fourth-order valence-electron chi connectivity index (χ4n) is 5.04. The number of aliphatic hydroxyl groups excluding tert-OH is 1. The maximum Gasteiger partial charge on any atom is 0.306 e. The summed E-state index contributed by atoms with van der Waals surface area (Å²) < 4.78 is 17.7. The Labute approximate surface area is 262 Å². The third-order valence-electron chi connectivity index (χ3n) is 7.07. The van der Waals surface area contributed by atoms with Gasteiger partial charge in [0.2, 0.25) is 5.90 Å². The van der Waals surface area contributed by atoms with Gasteiger partial charge in [0.25, 0.3) is 5.91 Å². The minimum Gasteiger partial charge on any atom is -0.494 e. The number of azide groups is 1. The van der Waals surface area contributed by atoms with Crippen LogP contribution in [0.1, 0.15) is 68.4 Å². The zero-order valence-corrected chi connectivity index (χ0v) is 26.0. The van der Waals surface area contributed by atoms with Crippen molar-refractivity contribution in [2.45, 2.75) is 70.7 Å². The van der Waals surface area contributed by atoms with Crippen LogP contribution in [0.5, 0.6) is 5.75 Å². The summed E-state index contributed by atoms with van der Waals surface area (Å²) in [5, 5.41) is 15.9. The van der Waals surface area contributed by atoms with Gasteiger partial charge in [-0.25, -0.2) is 4.99 Å². The fourth-order valence-corrected chi connectivity index (χ4v) is 5.04. The number of amides is 1. The molecule has 11 nitrogen and oxygen atoms in total. The number of aliphatic hydroxyl groups is 1. The molecular formula is C34H39N5O6. The van der Waals surface area contributed by atoms with Gasteiger partial charge in [0.1, 0.15) is 11.4 Å². The highest BCUT2D eigenvalue weighted by atomic mass is 16.6. The molecule has 236 valence electrons. The van der Waals surface area contributed by atoms with Crippen LogP contribution in [-0.4, -0.2) is 47.2 Å². The molecule has 0 fully saturated rings. The molecule has 1 heterocycles. The molecular weight excluding hydrogens is 574 g/mol. The van der Waals surface area contributed by atoms with Crippen molar-refractivity contribution in [2.24, 2.45) is 10.1 Å². The molecule has 1 amide bonds. The van der Waals surface area contributed by atoms with E-state index in [1.165, 1.54) is 0 Å². The van der Waals surface area contributed by atoms with Gasteiger partial charge in [-0.3, -0.25) is 9.59 Å². The normalized spacial score (nSPS) is 17.4. The summed E-state index contributed by atoms with van der Waals surface area (Å²) in [6.45, 7) is 7.92. The second kappa shape index (κ2) is 14.7. The van der Waals surface area contributed by atoms with Crippen LogP contribution >= 0.6 is 0 Å². The average Bonchev–Trinajstić information content (AvgIpc) is 3.40. The van der Waals surface area contributed by atoms with Gasteiger partial charge in [-0.15, -0.1) is 0 Å². The molecule has 2 atom stereocenters. The number of nitrogens with zero attached hydrogens (tertiary/aromatic N) is 4. The first-order chi connectivity index (χ1) is 21.5. The molecule has 4 rings (SSSR count). The van der Waals surface area contributed by atoms with Crippen LogP contribution in [0.3, 0.4) is 0 Å². The lowest BCUT2D eigenvalue weighted by Crippen LogP contribution is -2.48. The summed E-state index contributed by atoms with van der Waals surface area (Å²) >= 11 is 0. The maximum atomic E-state index is 14.4. The molecule has 1 aliphatic heterocycles. The minimum atomic E-state index is -1.62. The molecule has 0 saturated carbocycles. The van der Waals surface area contributed by atoms with Crippen molar-refractivity contribution in [3.63, 3.8) is 0 Å². The van der Waals surface area contributed by atoms with Crippen LogP contribution in [0.15, 0.2) is 82.9 Å². The number of aryl methyl sites for hydroxylation is 1. The molecule has 45 heavy (non-hydrogen) atoms. The number of rotatable bonds is 13. The van der Waals surface area contributed by atoms with E-state index in [2.05, 4.69) is 15.3 Å². The third-order valence-corrected chi connectivity index (χ3v) is 7.07. The van der Waals surface area contributed by atoms with Crippen molar-refractivity contribution < 1.29 is 28.9 Å². The first-order valence-corrected chi connectivity index (χ1v) is 14.8. The average molecular weight is 614 g/mol. The highest BCUT2D eigenvalue weighted by molar-refractivity contribution is 6.01. The van der Waals surface area contributed by atoms with Gasteiger partial charge in [0.15, 0.2) is 11.6 Å². The Kier molecular flexibility index (Phi) is 10.8. The molecule has 0 radical (unpaired) electrons. The van der Waals surface area contributed by atoms with Crippen LogP contribution in [0.4, 0.5) is 5.69 Å². The Hall–Kier alpha value is -4.86. The number of carbonyl (C=O) groups excluding carboxylic acids is 2. The molecule has 0 spiro atoms. The summed E-state index contributed by atoms with van der Waals surface area (Å²) in [4.78, 5) is 35.2. The molecule has 1 aliphatic rings. The van der Waals surface area contributed by atoms with E-state index in [1.807, 2.05) is 31.2 Å². The van der Waals surface area contributed by atoms with Gasteiger partial charge in [-0.05, 0) is 69.5 Å². The summed E-state index contributed by atoms with van der Waals surface area (Å²) in [6.07, 6.45) is -0.688. The largest absolute Gasteiger partial charge is 0.494 e. The predicted octanol–water partition coefficient (Wildman–Crippen LogP) is 6.39. The van der Waals surface area contributed by atoms with Crippen molar-refractivity contribution in [1.82, 2.24) is 5.32 Å². The Morgan fingerprint density at radius 2 is 1.87 bits per heavy atom. The van der Waals surface area contributed by atoms with Gasteiger partial charge < -0.3 is 24.6 Å². The first kappa shape index (κ1) is 33.0. The first-order valence-electron chi connectivity index (χ1n) is 14.8. The second-order valence-corrected chi connectivity index (χ2v) is 11.8. The van der Waals surface area contributed by atoms with Crippen LogP contribution in [0, 0.1) is 6.92 Å². The van der Waals surface area contributed by atoms with E-state index in [9.17, 15) is 15.1 Å². The Balaban J connectivity index is 1.78. The van der Waals surface area contributed by atoms with Crippen LogP contribution < -0.4 is 10.1 Å². The lowest BCUT2D eigenvalue weighted by molar-refractivity contribution is -0.155. The lowest BCUT2D eigenvalue weighted by atomic mass is 9.82. The van der Waals surface area contributed by atoms with Gasteiger partial charge in [0.05, 0.1) is 6.61 Å². The lowest BCUT2D eigenvalue weighted by Gasteiger charge is -2.31. The number of nitrogens with one attached hydrogen (secondary N) is 1. The standard InChI is InChI=1S/C34H39N5O6/c1-23-9-7-10-24(21-23)22-36-32(42)34(18-17-29(41)45-33(2,3)4)30(27-11-5-6-12-28(27)38-39-35)44-31(37-34)25-13-15-26(16-14-25)43-20-8-19-40/h5-7,9-16,21,30,40H,8,17-20,22H2,1-4H3,(H,36,42)/t30-,34-/m1/s1. The summed E-state index contributed by atoms with van der Waals surface area (Å²) in [5.74, 6) is -0.147. The van der Waals surface area contributed by atoms with Gasteiger partial charge >= 0.3 is 5.97 Å². The number of hydrogen-bond acceptors (Lipinski definition) is 8. The minimum absolute atomic E-state index is 0.0265. The number of esters is 1. The van der Waals surface area contributed by atoms with Crippen molar-refractivity contribution in [1.29, 1.82) is 0 Å². The molecule has 0 bridgehead atoms. The summed E-state index contributed by atoms with van der Waals surface area (Å²) in [6, 6.07) is 21.6. The number of benzene rings is 3. The SMILES string of the molecule is Cc1cccc(CNC(=O)[C@]2(CCC(=O)OC(C)(C)C)N=C(c3ccc(OCCCO)cc3)O[C@@H]2c2ccccc2N=[N+]=[N-])c1. The quantitative estimate of drug-likeness (QED) is 0.0748. The van der Waals surface area contributed by atoms with Crippen LogP contribution in [0.25, 0.3) is 10.4 Å². The second-order valence-electron chi connectivity index (χ2n) is 11.8. The smallest absolute Gasteiger partial charge is 0.306 e. The van der Waals surface area contributed by atoms with Crippen molar-refractivity contribution in [3.05, 3.63) is 105 Å². The van der Waals surface area contributed by atoms with E-state index < -0.39 is 29.1 Å². The number of ether oxygens (including phenoxy) is 3. The van der Waals surface area contributed by atoms with Gasteiger partial charge in [-0.1, -0.05) is 59.2 Å². The molecule has 3 aromatic carbocycles. The third kappa shape index (κ3) is 8.62. The number of carbonyl (C=O) groups is 2. The molecule has 11 heteroatoms. The molecule has 0 saturated heterocycles. The fraction of sp³-hybridized carbons (Fsp3) is 0.382. The highest BCUT2D eigenvalue weighted by Gasteiger charge is 2.53. The number of hydrogen-bond donors (Lipinski definition) is 2. The van der Waals surface area contributed by atoms with Crippen LogP contribution in [0.2, 0.25) is 0 Å². The zero-order chi connectivity index (χ0) is 32.5. The van der Waals surface area contributed by atoms with Gasteiger partial charge in [-0.2, -0.15) is 0 Å². The molecule has 2 N–H and O–H groups in total. The van der Waals surface area contributed by atoms with E-state index in [0.717, 1.165) is 11.1 Å². The van der Waals surface area contributed by atoms with E-state index >= 15 is 0 Å². The Morgan fingerprint density at radius 3 is 2.56 bits per heavy atom. The van der Waals surface area contributed by atoms with Gasteiger partial charge in [0, 0.05) is 47.7 Å². The number of aliphatic imine (C=N–C) groups is 1. The zero-order valence-electron chi connectivity index (χ0n) is 26.0. The summed E-state index contributed by atoms with van der Waals surface area (Å²) in [5.41, 5.74) is 10.2. The monoisotopic (exact) mass is 613 g/mol. The van der Waals surface area contributed by atoms with Crippen LogP contribution in [-0.2, 0) is 25.6 Å². The molecule has 0 unspecified atom stereocenters. The maximum absolute atomic E-state index is 14.4. The summed E-state index contributed by atoms with van der Waals surface area (Å²) in [7, 11) is 0. The molecule has 0 aliphatic carbocycles. The Bertz CT molecular complexity index is 1580. The molecule has 3 aromatic rings. The predicted molar refractivity (Wildman–Crippen MR) is 170 cm³/mol. The van der Waals surface area contributed by atoms with Crippen molar-refractivity contribution in [3.8, 4) is 5.75 Å². The van der Waals surface area contributed by atoms with E-state index in [0.29, 0.717) is 29.9 Å². The van der Waals surface area contributed by atoms with E-state index in [-0.39, 0.29) is 37.6 Å². The highest BCUT2D eigenvalue weighted by Crippen LogP contribution is 2.46. The Morgan fingerprint density at radius 1 is 1.11 bits per heavy atom. The van der Waals surface area contributed by atoms with Crippen molar-refractivity contribution in [2.75, 3.05) is 13.2 Å². The van der Waals surface area contributed by atoms with E-state index in [4.69, 9.17) is 24.3 Å². The van der Waals surface area contributed by atoms with E-state index in [1.54, 1.807) is 69.3 Å².